The van der Waals surface area contributed by atoms with Crippen LogP contribution in [0, 0.1) is 0 Å². The molecule has 2 heterocycles. The number of rotatable bonds is 1. The van der Waals surface area contributed by atoms with Crippen molar-refractivity contribution in [2.24, 2.45) is 0 Å². The maximum Gasteiger partial charge on any atom is 0.276 e. The molecule has 2 aliphatic heterocycles. The second-order valence-electron chi connectivity index (χ2n) is 6.47. The molecule has 1 unspecified atom stereocenters. The summed E-state index contributed by atoms with van der Waals surface area (Å²) in [6.07, 6.45) is 0. The molecule has 27 heavy (non-hydrogen) atoms. The summed E-state index contributed by atoms with van der Waals surface area (Å²) in [7, 11) is 0. The second kappa shape index (κ2) is 5.59. The van der Waals surface area contributed by atoms with Crippen LogP contribution in [0.1, 0.15) is 15.9 Å². The highest BCUT2D eigenvalue weighted by atomic mass is 35.5. The molecule has 3 aromatic carbocycles. The molecule has 6 heteroatoms. The molecule has 5 nitrogen and oxygen atoms in total. The molecule has 0 bridgehead atoms. The zero-order valence-corrected chi connectivity index (χ0v) is 14.8. The summed E-state index contributed by atoms with van der Waals surface area (Å²) >= 11 is 6.43. The van der Waals surface area contributed by atoms with Crippen LogP contribution in [0.25, 0.3) is 0 Å². The Morgan fingerprint density at radius 3 is 2.30 bits per heavy atom. The van der Waals surface area contributed by atoms with E-state index in [1.807, 2.05) is 30.3 Å². The molecule has 2 N–H and O–H groups in total. The van der Waals surface area contributed by atoms with Gasteiger partial charge in [0.05, 0.1) is 16.3 Å². The predicted octanol–water partition coefficient (Wildman–Crippen LogP) is 4.22. The Bertz CT molecular complexity index is 1110. The summed E-state index contributed by atoms with van der Waals surface area (Å²) in [5.41, 5.74) is 1.50. The zero-order valence-electron chi connectivity index (χ0n) is 14.1. The van der Waals surface area contributed by atoms with Crippen molar-refractivity contribution in [2.45, 2.75) is 5.66 Å². The number of halogens is 1. The minimum atomic E-state index is -1.41. The summed E-state index contributed by atoms with van der Waals surface area (Å²) in [5.74, 6) is -0.615. The van der Waals surface area contributed by atoms with Crippen LogP contribution in [0.2, 0.25) is 5.02 Å². The Balaban J connectivity index is 1.85. The number of para-hydroxylation sites is 3. The summed E-state index contributed by atoms with van der Waals surface area (Å²) in [6, 6.07) is 21.5. The molecule has 132 valence electrons. The number of amides is 2. The van der Waals surface area contributed by atoms with Gasteiger partial charge in [0.1, 0.15) is 0 Å². The van der Waals surface area contributed by atoms with E-state index in [1.54, 1.807) is 42.5 Å². The van der Waals surface area contributed by atoms with Gasteiger partial charge in [-0.2, -0.15) is 0 Å². The van der Waals surface area contributed by atoms with Crippen molar-refractivity contribution in [1.29, 1.82) is 0 Å². The monoisotopic (exact) mass is 375 g/mol. The number of anilines is 3. The Morgan fingerprint density at radius 1 is 0.815 bits per heavy atom. The molecule has 1 spiro atoms. The molecular formula is C21H14ClN3O2. The lowest BCUT2D eigenvalue weighted by atomic mass is 9.92. The van der Waals surface area contributed by atoms with Crippen LogP contribution < -0.4 is 15.5 Å². The molecule has 2 amide bonds. The fraction of sp³-hybridized carbons (Fsp3) is 0.0476. The van der Waals surface area contributed by atoms with Gasteiger partial charge in [0.2, 0.25) is 5.66 Å². The Labute approximate surface area is 160 Å². The lowest BCUT2D eigenvalue weighted by molar-refractivity contribution is -0.119. The van der Waals surface area contributed by atoms with Gasteiger partial charge in [-0.05, 0) is 30.3 Å². The van der Waals surface area contributed by atoms with Gasteiger partial charge < -0.3 is 10.6 Å². The highest BCUT2D eigenvalue weighted by molar-refractivity contribution is 6.35. The van der Waals surface area contributed by atoms with E-state index in [0.29, 0.717) is 33.2 Å². The first-order valence-corrected chi connectivity index (χ1v) is 8.88. The topological polar surface area (TPSA) is 61.4 Å². The number of hydrogen-bond donors (Lipinski definition) is 2. The van der Waals surface area contributed by atoms with E-state index in [0.717, 1.165) is 0 Å². The number of carbonyl (C=O) groups excluding carboxylic acids is 2. The van der Waals surface area contributed by atoms with Crippen molar-refractivity contribution in [3.8, 4) is 0 Å². The fourth-order valence-electron chi connectivity index (χ4n) is 3.81. The van der Waals surface area contributed by atoms with Gasteiger partial charge in [-0.25, -0.2) is 0 Å². The van der Waals surface area contributed by atoms with Gasteiger partial charge in [-0.1, -0.05) is 54.1 Å². The van der Waals surface area contributed by atoms with Gasteiger partial charge in [0.15, 0.2) is 0 Å². The highest BCUT2D eigenvalue weighted by Gasteiger charge is 2.57. The summed E-state index contributed by atoms with van der Waals surface area (Å²) < 4.78 is 0. The van der Waals surface area contributed by atoms with Crippen LogP contribution in [0.5, 0.6) is 0 Å². The standard InChI is InChI=1S/C21H14ClN3O2/c22-15-9-3-6-12-18(15)25-19(26)13-7-1-4-10-16(13)24-21(25)14-8-2-5-11-17(14)23-20(21)27/h1-12,24H,(H,23,27). The first-order chi connectivity index (χ1) is 13.1. The molecule has 3 aromatic rings. The van der Waals surface area contributed by atoms with E-state index >= 15 is 0 Å². The normalized spacial score (nSPS) is 20.1. The molecule has 0 saturated heterocycles. The molecule has 0 fully saturated rings. The smallest absolute Gasteiger partial charge is 0.276 e. The van der Waals surface area contributed by atoms with E-state index in [2.05, 4.69) is 10.6 Å². The fourth-order valence-corrected chi connectivity index (χ4v) is 4.03. The average molecular weight is 376 g/mol. The third-order valence-electron chi connectivity index (χ3n) is 5.00. The maximum atomic E-state index is 13.5. The number of fused-ring (bicyclic) bond motifs is 3. The molecule has 2 aliphatic rings. The van der Waals surface area contributed by atoms with Crippen molar-refractivity contribution in [1.82, 2.24) is 0 Å². The van der Waals surface area contributed by atoms with Crippen LogP contribution in [-0.4, -0.2) is 11.8 Å². The lowest BCUT2D eigenvalue weighted by Gasteiger charge is -2.44. The van der Waals surface area contributed by atoms with E-state index in [9.17, 15) is 9.59 Å². The van der Waals surface area contributed by atoms with E-state index < -0.39 is 5.66 Å². The van der Waals surface area contributed by atoms with Crippen molar-refractivity contribution in [2.75, 3.05) is 15.5 Å². The highest BCUT2D eigenvalue weighted by Crippen LogP contribution is 2.48. The van der Waals surface area contributed by atoms with Crippen LogP contribution in [0.4, 0.5) is 17.1 Å². The maximum absolute atomic E-state index is 13.5. The molecule has 0 radical (unpaired) electrons. The van der Waals surface area contributed by atoms with Crippen LogP contribution in [-0.2, 0) is 10.5 Å². The number of nitrogens with one attached hydrogen (secondary N) is 2. The van der Waals surface area contributed by atoms with Gasteiger partial charge in [0.25, 0.3) is 11.8 Å². The van der Waals surface area contributed by atoms with Gasteiger partial charge >= 0.3 is 0 Å². The Hall–Kier alpha value is -3.31. The molecule has 1 atom stereocenters. The molecule has 0 saturated carbocycles. The number of carbonyl (C=O) groups is 2. The summed E-state index contributed by atoms with van der Waals surface area (Å²) in [4.78, 5) is 28.2. The second-order valence-corrected chi connectivity index (χ2v) is 6.88. The van der Waals surface area contributed by atoms with Crippen molar-refractivity contribution < 1.29 is 9.59 Å². The van der Waals surface area contributed by atoms with Crippen LogP contribution >= 0.6 is 11.6 Å². The van der Waals surface area contributed by atoms with Crippen molar-refractivity contribution in [3.05, 3.63) is 88.9 Å². The van der Waals surface area contributed by atoms with Crippen molar-refractivity contribution >= 4 is 40.5 Å². The van der Waals surface area contributed by atoms with Gasteiger partial charge in [-0.3, -0.25) is 14.5 Å². The van der Waals surface area contributed by atoms with Crippen LogP contribution in [0.3, 0.4) is 0 Å². The first-order valence-electron chi connectivity index (χ1n) is 8.50. The largest absolute Gasteiger partial charge is 0.350 e. The minimum absolute atomic E-state index is 0.288. The summed E-state index contributed by atoms with van der Waals surface area (Å²) in [6.45, 7) is 0. The molecule has 0 aliphatic carbocycles. The third-order valence-corrected chi connectivity index (χ3v) is 5.32. The van der Waals surface area contributed by atoms with E-state index in [4.69, 9.17) is 11.6 Å². The minimum Gasteiger partial charge on any atom is -0.350 e. The van der Waals surface area contributed by atoms with E-state index in [-0.39, 0.29) is 11.8 Å². The van der Waals surface area contributed by atoms with Crippen molar-refractivity contribution in [3.63, 3.8) is 0 Å². The predicted molar refractivity (Wildman–Crippen MR) is 105 cm³/mol. The number of nitrogens with zero attached hydrogens (tertiary/aromatic N) is 1. The SMILES string of the molecule is O=C1c2ccccc2NC2(C(=O)Nc3ccccc32)N1c1ccccc1Cl. The molecule has 0 aromatic heterocycles. The average Bonchev–Trinajstić information content (AvgIpc) is 2.95. The lowest BCUT2D eigenvalue weighted by Crippen LogP contribution is -2.61. The third kappa shape index (κ3) is 2.06. The quantitative estimate of drug-likeness (QED) is 0.669. The van der Waals surface area contributed by atoms with Crippen LogP contribution in [0.15, 0.2) is 72.8 Å². The first kappa shape index (κ1) is 15.9. The summed E-state index contributed by atoms with van der Waals surface area (Å²) in [5, 5.41) is 6.60. The van der Waals surface area contributed by atoms with E-state index in [1.165, 1.54) is 4.90 Å². The molecule has 5 rings (SSSR count). The number of hydrogen-bond acceptors (Lipinski definition) is 3. The Kier molecular flexibility index (Phi) is 3.29. The van der Waals surface area contributed by atoms with Gasteiger partial charge in [-0.15, -0.1) is 0 Å². The molecular weight excluding hydrogens is 362 g/mol. The Morgan fingerprint density at radius 2 is 1.48 bits per heavy atom. The van der Waals surface area contributed by atoms with Gasteiger partial charge in [0, 0.05) is 16.9 Å². The zero-order chi connectivity index (χ0) is 18.6. The number of benzene rings is 3.